The normalized spacial score (nSPS) is 10.3. The molecule has 6 nitrogen and oxygen atoms in total. The van der Waals surface area contributed by atoms with E-state index >= 15 is 0 Å². The summed E-state index contributed by atoms with van der Waals surface area (Å²) in [4.78, 5) is 22.8. The summed E-state index contributed by atoms with van der Waals surface area (Å²) >= 11 is 0. The van der Waals surface area contributed by atoms with Crippen LogP contribution in [0.25, 0.3) is 0 Å². The van der Waals surface area contributed by atoms with Crippen molar-refractivity contribution in [3.63, 3.8) is 0 Å². The van der Waals surface area contributed by atoms with E-state index in [0.29, 0.717) is 6.42 Å². The fourth-order valence-corrected chi connectivity index (χ4v) is 2.10. The van der Waals surface area contributed by atoms with Crippen LogP contribution in [0.4, 0.5) is 0 Å². The molecule has 7 heteroatoms. The zero-order valence-electron chi connectivity index (χ0n) is 13.9. The fraction of sp³-hybridized carbons (Fsp3) is 0.875. The molecule has 0 bridgehead atoms. The SMILES string of the molecule is CCCCCCCCCCCC(=O)NCC(=O)OCC(N)N.[NaH]. The molecule has 0 aromatic heterocycles. The third-order valence-electron chi connectivity index (χ3n) is 3.37. The minimum atomic E-state index is -0.679. The van der Waals surface area contributed by atoms with Crippen molar-refractivity contribution < 1.29 is 14.3 Å². The van der Waals surface area contributed by atoms with Crippen molar-refractivity contribution in [3.05, 3.63) is 0 Å². The van der Waals surface area contributed by atoms with Crippen LogP contribution >= 0.6 is 0 Å². The van der Waals surface area contributed by atoms with Gasteiger partial charge in [0.15, 0.2) is 0 Å². The predicted molar refractivity (Wildman–Crippen MR) is 95.1 cm³/mol. The van der Waals surface area contributed by atoms with E-state index in [-0.39, 0.29) is 48.6 Å². The molecule has 5 N–H and O–H groups in total. The van der Waals surface area contributed by atoms with E-state index in [0.717, 1.165) is 12.8 Å². The molecule has 0 aliphatic heterocycles. The van der Waals surface area contributed by atoms with E-state index in [9.17, 15) is 9.59 Å². The van der Waals surface area contributed by atoms with Crippen LogP contribution in [0, 0.1) is 0 Å². The molecule has 0 aromatic rings. The Morgan fingerprint density at radius 1 is 0.957 bits per heavy atom. The summed E-state index contributed by atoms with van der Waals surface area (Å²) < 4.78 is 4.75. The molecule has 0 spiro atoms. The van der Waals surface area contributed by atoms with Gasteiger partial charge in [-0.2, -0.15) is 0 Å². The molecule has 0 unspecified atom stereocenters. The summed E-state index contributed by atoms with van der Waals surface area (Å²) in [6.45, 7) is 2.06. The van der Waals surface area contributed by atoms with E-state index in [2.05, 4.69) is 12.2 Å². The molecule has 132 valence electrons. The predicted octanol–water partition coefficient (Wildman–Crippen LogP) is 1.16. The number of carbonyl (C=O) groups is 2. The first-order valence-electron chi connectivity index (χ1n) is 8.49. The van der Waals surface area contributed by atoms with Crippen LogP contribution in [0.3, 0.4) is 0 Å². The number of hydrogen-bond acceptors (Lipinski definition) is 5. The van der Waals surface area contributed by atoms with Crippen LogP contribution in [-0.4, -0.2) is 60.8 Å². The summed E-state index contributed by atoms with van der Waals surface area (Å²) in [5.74, 6) is -0.627. The number of nitrogens with one attached hydrogen (secondary N) is 1. The van der Waals surface area contributed by atoms with Gasteiger partial charge in [-0.15, -0.1) is 0 Å². The number of hydrogen-bond donors (Lipinski definition) is 3. The first kappa shape index (κ1) is 25.1. The van der Waals surface area contributed by atoms with Crippen molar-refractivity contribution in [2.75, 3.05) is 13.2 Å². The zero-order chi connectivity index (χ0) is 16.6. The number of esters is 1. The van der Waals surface area contributed by atoms with Gasteiger partial charge in [-0.3, -0.25) is 9.59 Å². The molecule has 0 fully saturated rings. The maximum absolute atomic E-state index is 11.5. The van der Waals surface area contributed by atoms with E-state index < -0.39 is 12.1 Å². The van der Waals surface area contributed by atoms with Crippen LogP contribution in [-0.2, 0) is 14.3 Å². The van der Waals surface area contributed by atoms with Crippen LogP contribution < -0.4 is 16.8 Å². The number of nitrogens with two attached hydrogens (primary N) is 2. The Balaban J connectivity index is 0. The first-order chi connectivity index (χ1) is 10.6. The molecule has 0 radical (unpaired) electrons. The third-order valence-corrected chi connectivity index (χ3v) is 3.37. The number of amides is 1. The monoisotopic (exact) mass is 339 g/mol. The van der Waals surface area contributed by atoms with E-state index in [1.165, 1.54) is 44.9 Å². The molecule has 23 heavy (non-hydrogen) atoms. The van der Waals surface area contributed by atoms with Gasteiger partial charge in [0.05, 0.1) is 6.17 Å². The van der Waals surface area contributed by atoms with Gasteiger partial charge in [0.25, 0.3) is 0 Å². The van der Waals surface area contributed by atoms with Gasteiger partial charge in [-0.25, -0.2) is 0 Å². The van der Waals surface area contributed by atoms with Gasteiger partial charge >= 0.3 is 35.5 Å². The molecular weight excluding hydrogens is 305 g/mol. The molecule has 0 aliphatic rings. The summed E-state index contributed by atoms with van der Waals surface area (Å²) in [5, 5.41) is 2.54. The standard InChI is InChI=1S/C16H33N3O3.Na.H/c1-2-3-4-5-6-7-8-9-10-11-15(20)19-12-16(21)22-13-14(17)18;;/h14H,2-13,17-18H2,1H3,(H,19,20);;. The average Bonchev–Trinajstić information content (AvgIpc) is 2.49. The molecule has 0 rings (SSSR count). The number of unbranched alkanes of at least 4 members (excludes halogenated alkanes) is 8. The van der Waals surface area contributed by atoms with E-state index in [4.69, 9.17) is 16.2 Å². The zero-order valence-corrected chi connectivity index (χ0v) is 13.9. The van der Waals surface area contributed by atoms with Gasteiger partial charge < -0.3 is 21.5 Å². The topological polar surface area (TPSA) is 107 Å². The second-order valence-electron chi connectivity index (χ2n) is 5.70. The van der Waals surface area contributed by atoms with Crippen LogP contribution in [0.5, 0.6) is 0 Å². The molecule has 0 aromatic carbocycles. The van der Waals surface area contributed by atoms with E-state index in [1.807, 2.05) is 0 Å². The number of ether oxygens (including phenoxy) is 1. The van der Waals surface area contributed by atoms with Gasteiger partial charge in [0, 0.05) is 6.42 Å². The van der Waals surface area contributed by atoms with Crippen molar-refractivity contribution in [2.45, 2.75) is 77.3 Å². The van der Waals surface area contributed by atoms with Gasteiger partial charge in [-0.05, 0) is 6.42 Å². The van der Waals surface area contributed by atoms with Gasteiger partial charge in [0.1, 0.15) is 13.2 Å². The van der Waals surface area contributed by atoms with E-state index in [1.54, 1.807) is 0 Å². The summed E-state index contributed by atoms with van der Waals surface area (Å²) in [6, 6.07) is 0. The second kappa shape index (κ2) is 18.2. The molecule has 0 atom stereocenters. The minimum absolute atomic E-state index is 0. The Morgan fingerprint density at radius 3 is 2.00 bits per heavy atom. The quantitative estimate of drug-likeness (QED) is 0.190. The van der Waals surface area contributed by atoms with Crippen LogP contribution in [0.1, 0.15) is 71.1 Å². The Labute approximate surface area is 162 Å². The van der Waals surface area contributed by atoms with Crippen molar-refractivity contribution >= 4 is 41.4 Å². The van der Waals surface area contributed by atoms with Gasteiger partial charge in [0.2, 0.25) is 5.91 Å². The first-order valence-corrected chi connectivity index (χ1v) is 8.49. The summed E-state index contributed by atoms with van der Waals surface area (Å²) in [7, 11) is 0. The Kier molecular flexibility index (Phi) is 19.9. The van der Waals surface area contributed by atoms with Crippen molar-refractivity contribution in [1.82, 2.24) is 5.32 Å². The summed E-state index contributed by atoms with van der Waals surface area (Å²) in [6.07, 6.45) is 10.7. The molecule has 0 saturated heterocycles. The number of rotatable bonds is 14. The average molecular weight is 339 g/mol. The fourth-order valence-electron chi connectivity index (χ4n) is 2.10. The van der Waals surface area contributed by atoms with Crippen molar-refractivity contribution in [2.24, 2.45) is 11.5 Å². The Hall–Kier alpha value is -0.140. The van der Waals surface area contributed by atoms with Crippen molar-refractivity contribution in [3.8, 4) is 0 Å². The Bertz CT molecular complexity index is 302. The molecule has 0 aliphatic carbocycles. The van der Waals surface area contributed by atoms with Crippen LogP contribution in [0.15, 0.2) is 0 Å². The number of carbonyl (C=O) groups excluding carboxylic acids is 2. The van der Waals surface area contributed by atoms with Gasteiger partial charge in [-0.1, -0.05) is 58.3 Å². The molecule has 1 amide bonds. The Morgan fingerprint density at radius 2 is 1.48 bits per heavy atom. The third kappa shape index (κ3) is 19.8. The maximum atomic E-state index is 11.5. The summed E-state index contributed by atoms with van der Waals surface area (Å²) in [5.41, 5.74) is 10.5. The van der Waals surface area contributed by atoms with Crippen LogP contribution in [0.2, 0.25) is 0 Å². The molecule has 0 heterocycles. The second-order valence-corrected chi connectivity index (χ2v) is 5.70. The molecular formula is C16H34N3NaO3. The van der Waals surface area contributed by atoms with Crippen molar-refractivity contribution in [1.29, 1.82) is 0 Å². The molecule has 0 saturated carbocycles.